The number of rotatable bonds is 7. The van der Waals surface area contributed by atoms with Crippen molar-refractivity contribution >= 4 is 17.7 Å². The summed E-state index contributed by atoms with van der Waals surface area (Å²) in [4.78, 5) is 43.3. The third-order valence-electron chi connectivity index (χ3n) is 7.38. The smallest absolute Gasteiger partial charge is 0.255 e. The topological polar surface area (TPSA) is 103 Å². The Hall–Kier alpha value is -4.92. The second-order valence-corrected chi connectivity index (χ2v) is 9.99. The van der Waals surface area contributed by atoms with Crippen LogP contribution in [0.25, 0.3) is 22.5 Å². The number of piperidine rings is 1. The number of imide groups is 1. The zero-order valence-electron chi connectivity index (χ0n) is 22.2. The Bertz CT molecular complexity index is 1640. The number of methoxy groups -OCH3 is 1. The Kier molecular flexibility index (Phi) is 6.55. The van der Waals surface area contributed by atoms with Crippen LogP contribution in [0.15, 0.2) is 73.1 Å². The third kappa shape index (κ3) is 4.70. The maximum atomic E-state index is 13.1. The molecule has 2 aliphatic heterocycles. The van der Waals surface area contributed by atoms with Crippen molar-refractivity contribution < 1.29 is 23.9 Å². The van der Waals surface area contributed by atoms with Crippen LogP contribution in [0.4, 0.5) is 0 Å². The second-order valence-electron chi connectivity index (χ2n) is 9.99. The van der Waals surface area contributed by atoms with Crippen molar-refractivity contribution in [2.24, 2.45) is 7.05 Å². The number of carbonyl (C=O) groups is 3. The van der Waals surface area contributed by atoms with Gasteiger partial charge >= 0.3 is 0 Å². The van der Waals surface area contributed by atoms with E-state index < -0.39 is 11.9 Å². The molecule has 202 valence electrons. The molecular formula is C31H28N4O5. The van der Waals surface area contributed by atoms with Crippen molar-refractivity contribution in [3.8, 4) is 34.0 Å². The summed E-state index contributed by atoms with van der Waals surface area (Å²) in [6.45, 7) is 0.714. The van der Waals surface area contributed by atoms with Crippen LogP contribution in [0, 0.1) is 0 Å². The average molecular weight is 537 g/mol. The highest BCUT2D eigenvalue weighted by Gasteiger charge is 2.39. The second kappa shape index (κ2) is 10.3. The normalized spacial score (nSPS) is 16.6. The standard InChI is InChI=1S/C31H28N4O5/c1-34-18-32-28(29(34)21-6-4-8-24(15-21)40-17-19-5-3-7-23(13-19)39-2)20-9-10-25-22(14-20)16-35(31(25)38)26-11-12-27(36)33-30(26)37/h3-10,13-15,18,26H,11-12,16-17H2,1-2H3,(H,33,36,37). The first kappa shape index (κ1) is 25.4. The monoisotopic (exact) mass is 536 g/mol. The maximum Gasteiger partial charge on any atom is 0.255 e. The highest BCUT2D eigenvalue weighted by atomic mass is 16.5. The van der Waals surface area contributed by atoms with Gasteiger partial charge in [-0.2, -0.15) is 0 Å². The van der Waals surface area contributed by atoms with Crippen molar-refractivity contribution in [2.45, 2.75) is 32.0 Å². The number of hydrogen-bond donors (Lipinski definition) is 1. The van der Waals surface area contributed by atoms with Gasteiger partial charge in [0.05, 0.1) is 24.8 Å². The van der Waals surface area contributed by atoms with E-state index in [1.807, 2.05) is 72.3 Å². The van der Waals surface area contributed by atoms with E-state index in [9.17, 15) is 14.4 Å². The van der Waals surface area contributed by atoms with E-state index >= 15 is 0 Å². The number of hydrogen-bond acceptors (Lipinski definition) is 6. The first-order valence-corrected chi connectivity index (χ1v) is 13.1. The number of imidazole rings is 1. The number of nitrogens with one attached hydrogen (secondary N) is 1. The van der Waals surface area contributed by atoms with Gasteiger partial charge in [-0.1, -0.05) is 30.3 Å². The summed E-state index contributed by atoms with van der Waals surface area (Å²) in [5.74, 6) is 0.596. The molecule has 3 aromatic carbocycles. The van der Waals surface area contributed by atoms with Crippen LogP contribution < -0.4 is 14.8 Å². The molecule has 1 atom stereocenters. The summed E-state index contributed by atoms with van der Waals surface area (Å²) in [6.07, 6.45) is 2.32. The summed E-state index contributed by atoms with van der Waals surface area (Å²) in [6, 6.07) is 20.7. The van der Waals surface area contributed by atoms with Gasteiger partial charge in [0.1, 0.15) is 24.1 Å². The van der Waals surface area contributed by atoms with Gasteiger partial charge in [0.25, 0.3) is 5.91 Å². The molecule has 1 fully saturated rings. The lowest BCUT2D eigenvalue weighted by molar-refractivity contribution is -0.136. The Morgan fingerprint density at radius 2 is 1.80 bits per heavy atom. The number of aromatic nitrogens is 2. The predicted octanol–water partition coefficient (Wildman–Crippen LogP) is 4.10. The van der Waals surface area contributed by atoms with Crippen LogP contribution >= 0.6 is 0 Å². The fraction of sp³-hybridized carbons (Fsp3) is 0.226. The highest BCUT2D eigenvalue weighted by Crippen LogP contribution is 2.36. The minimum atomic E-state index is -0.647. The fourth-order valence-corrected chi connectivity index (χ4v) is 5.37. The molecular weight excluding hydrogens is 508 g/mol. The Morgan fingerprint density at radius 1 is 0.975 bits per heavy atom. The van der Waals surface area contributed by atoms with Crippen LogP contribution in [0.1, 0.15) is 34.3 Å². The zero-order valence-corrected chi connectivity index (χ0v) is 22.2. The van der Waals surface area contributed by atoms with Crippen LogP contribution in [0.2, 0.25) is 0 Å². The van der Waals surface area contributed by atoms with Crippen molar-refractivity contribution in [2.75, 3.05) is 7.11 Å². The van der Waals surface area contributed by atoms with Gasteiger partial charge in [-0.15, -0.1) is 0 Å². The molecule has 1 unspecified atom stereocenters. The number of benzene rings is 3. The molecule has 0 spiro atoms. The van der Waals surface area contributed by atoms with Gasteiger partial charge in [-0.25, -0.2) is 4.98 Å². The van der Waals surface area contributed by atoms with Gasteiger partial charge in [0.15, 0.2) is 0 Å². The highest BCUT2D eigenvalue weighted by molar-refractivity contribution is 6.05. The molecule has 0 bridgehead atoms. The summed E-state index contributed by atoms with van der Waals surface area (Å²) in [5, 5.41) is 2.35. The lowest BCUT2D eigenvalue weighted by atomic mass is 10.0. The number of aryl methyl sites for hydroxylation is 1. The first-order chi connectivity index (χ1) is 19.4. The quantitative estimate of drug-likeness (QED) is 0.357. The van der Waals surface area contributed by atoms with Gasteiger partial charge in [0.2, 0.25) is 11.8 Å². The van der Waals surface area contributed by atoms with Gasteiger partial charge in [0, 0.05) is 36.7 Å². The largest absolute Gasteiger partial charge is 0.497 e. The van der Waals surface area contributed by atoms with Crippen LogP contribution in [0.5, 0.6) is 11.5 Å². The summed E-state index contributed by atoms with van der Waals surface area (Å²) in [7, 11) is 3.58. The molecule has 3 amide bonds. The van der Waals surface area contributed by atoms with Crippen molar-refractivity contribution in [1.29, 1.82) is 0 Å². The Balaban J connectivity index is 1.25. The molecule has 0 aliphatic carbocycles. The number of carbonyl (C=O) groups excluding carboxylic acids is 3. The lowest BCUT2D eigenvalue weighted by Crippen LogP contribution is -2.52. The summed E-state index contributed by atoms with van der Waals surface area (Å²) < 4.78 is 13.4. The van der Waals surface area contributed by atoms with Gasteiger partial charge in [-0.05, 0) is 53.9 Å². The molecule has 1 aromatic heterocycles. The molecule has 6 rings (SSSR count). The van der Waals surface area contributed by atoms with Gasteiger partial charge < -0.3 is 18.9 Å². The molecule has 0 saturated carbocycles. The Morgan fingerprint density at radius 3 is 2.62 bits per heavy atom. The van der Waals surface area contributed by atoms with E-state index in [-0.39, 0.29) is 18.2 Å². The van der Waals surface area contributed by atoms with Gasteiger partial charge in [-0.3, -0.25) is 19.7 Å². The van der Waals surface area contributed by atoms with Crippen molar-refractivity contribution in [3.63, 3.8) is 0 Å². The molecule has 4 aromatic rings. The SMILES string of the molecule is COc1cccc(COc2cccc(-c3c(-c4ccc5c(c4)CN(C4CCC(=O)NC4=O)C5=O)ncn3C)c2)c1. The minimum Gasteiger partial charge on any atom is -0.497 e. The van der Waals surface area contributed by atoms with Crippen LogP contribution in [-0.4, -0.2) is 45.3 Å². The zero-order chi connectivity index (χ0) is 27.8. The summed E-state index contributed by atoms with van der Waals surface area (Å²) >= 11 is 0. The van der Waals surface area contributed by atoms with E-state index in [1.54, 1.807) is 24.4 Å². The molecule has 9 heteroatoms. The fourth-order valence-electron chi connectivity index (χ4n) is 5.37. The van der Waals surface area contributed by atoms with E-state index in [4.69, 9.17) is 9.47 Å². The van der Waals surface area contributed by atoms with Crippen LogP contribution in [-0.2, 0) is 29.8 Å². The first-order valence-electron chi connectivity index (χ1n) is 13.1. The van der Waals surface area contributed by atoms with E-state index in [0.717, 1.165) is 45.1 Å². The molecule has 1 N–H and O–H groups in total. The van der Waals surface area contributed by atoms with E-state index in [1.165, 1.54) is 0 Å². The maximum absolute atomic E-state index is 13.1. The average Bonchev–Trinajstić information content (AvgIpc) is 3.51. The van der Waals surface area contributed by atoms with E-state index in [2.05, 4.69) is 10.3 Å². The molecule has 2 aliphatic rings. The molecule has 1 saturated heterocycles. The van der Waals surface area contributed by atoms with Crippen molar-refractivity contribution in [3.05, 3.63) is 89.7 Å². The number of ether oxygens (including phenoxy) is 2. The molecule has 0 radical (unpaired) electrons. The minimum absolute atomic E-state index is 0.196. The third-order valence-corrected chi connectivity index (χ3v) is 7.38. The number of nitrogens with zero attached hydrogens (tertiary/aromatic N) is 3. The molecule has 40 heavy (non-hydrogen) atoms. The Labute approximate surface area is 231 Å². The molecule has 3 heterocycles. The number of fused-ring (bicyclic) bond motifs is 1. The van der Waals surface area contributed by atoms with Crippen LogP contribution in [0.3, 0.4) is 0 Å². The van der Waals surface area contributed by atoms with E-state index in [0.29, 0.717) is 25.1 Å². The van der Waals surface area contributed by atoms with Crippen molar-refractivity contribution in [1.82, 2.24) is 19.8 Å². The predicted molar refractivity (Wildman–Crippen MR) is 147 cm³/mol. The molecule has 9 nitrogen and oxygen atoms in total. The lowest BCUT2D eigenvalue weighted by Gasteiger charge is -2.29. The number of amides is 3. The summed E-state index contributed by atoms with van der Waals surface area (Å²) in [5.41, 5.74) is 5.92.